The van der Waals surface area contributed by atoms with Crippen molar-refractivity contribution in [3.05, 3.63) is 60.4 Å². The predicted molar refractivity (Wildman–Crippen MR) is 103 cm³/mol. The highest BCUT2D eigenvalue weighted by molar-refractivity contribution is 5.95. The highest BCUT2D eigenvalue weighted by Crippen LogP contribution is 2.22. The first-order valence-corrected chi connectivity index (χ1v) is 8.74. The number of aromatic nitrogens is 2. The molecule has 3 rings (SSSR count). The summed E-state index contributed by atoms with van der Waals surface area (Å²) in [5.41, 5.74) is 2.35. The fourth-order valence-corrected chi connectivity index (χ4v) is 2.66. The molecule has 0 bridgehead atoms. The zero-order chi connectivity index (χ0) is 18.2. The number of fused-ring (bicyclic) bond motifs is 1. The largest absolute Gasteiger partial charge is 0.396 e. The van der Waals surface area contributed by atoms with Crippen LogP contribution in [-0.2, 0) is 0 Å². The molecule has 2 aromatic carbocycles. The number of nitrogens with zero attached hydrogens (tertiary/aromatic N) is 2. The van der Waals surface area contributed by atoms with Gasteiger partial charge in [0.2, 0.25) is 0 Å². The Balaban J connectivity index is 1.61. The molecule has 1 amide bonds. The summed E-state index contributed by atoms with van der Waals surface area (Å²) in [6, 6.07) is 15.1. The van der Waals surface area contributed by atoms with Crippen molar-refractivity contribution in [2.75, 3.05) is 18.5 Å². The maximum Gasteiger partial charge on any atom is 0.251 e. The van der Waals surface area contributed by atoms with E-state index in [1.165, 1.54) is 6.33 Å². The van der Waals surface area contributed by atoms with Crippen LogP contribution in [0.3, 0.4) is 0 Å². The first-order valence-electron chi connectivity index (χ1n) is 8.74. The lowest BCUT2D eigenvalue weighted by molar-refractivity contribution is 0.0953. The average molecular weight is 350 g/mol. The molecule has 6 nitrogen and oxygen atoms in total. The molecule has 0 radical (unpaired) electrons. The minimum Gasteiger partial charge on any atom is -0.396 e. The molecule has 0 saturated heterocycles. The number of unbranched alkanes of at least 4 members (excludes halogenated alkanes) is 2. The van der Waals surface area contributed by atoms with Gasteiger partial charge in [0.05, 0.1) is 5.52 Å². The molecule has 0 spiro atoms. The summed E-state index contributed by atoms with van der Waals surface area (Å²) in [5.74, 6) is 0.643. The molecular weight excluding hydrogens is 328 g/mol. The Hall–Kier alpha value is -2.99. The summed E-state index contributed by atoms with van der Waals surface area (Å²) in [4.78, 5) is 20.7. The number of hydrogen-bond donors (Lipinski definition) is 3. The van der Waals surface area contributed by atoms with E-state index < -0.39 is 0 Å². The van der Waals surface area contributed by atoms with Crippen LogP contribution in [0.2, 0.25) is 0 Å². The second-order valence-corrected chi connectivity index (χ2v) is 5.98. The molecule has 6 heteroatoms. The lowest BCUT2D eigenvalue weighted by atomic mass is 10.1. The van der Waals surface area contributed by atoms with Gasteiger partial charge >= 0.3 is 0 Å². The zero-order valence-corrected chi connectivity index (χ0v) is 14.5. The molecule has 26 heavy (non-hydrogen) atoms. The number of aliphatic hydroxyl groups excluding tert-OH is 1. The van der Waals surface area contributed by atoms with E-state index in [2.05, 4.69) is 20.6 Å². The van der Waals surface area contributed by atoms with Crippen molar-refractivity contribution >= 4 is 28.3 Å². The van der Waals surface area contributed by atoms with Crippen LogP contribution in [0.5, 0.6) is 0 Å². The minimum atomic E-state index is -0.0898. The third kappa shape index (κ3) is 4.55. The molecule has 0 saturated carbocycles. The van der Waals surface area contributed by atoms with Crippen molar-refractivity contribution in [3.8, 4) is 0 Å². The fourth-order valence-electron chi connectivity index (χ4n) is 2.66. The Morgan fingerprint density at radius 1 is 0.962 bits per heavy atom. The van der Waals surface area contributed by atoms with Gasteiger partial charge in [0, 0.05) is 29.8 Å². The SMILES string of the molecule is O=C(NCCCCCO)c1ccc(Nc2ncnc3ccccc23)cc1. The number of carbonyl (C=O) groups is 1. The van der Waals surface area contributed by atoms with Crippen LogP contribution in [0, 0.1) is 0 Å². The molecule has 0 fully saturated rings. The van der Waals surface area contributed by atoms with Crippen molar-refractivity contribution in [3.63, 3.8) is 0 Å². The summed E-state index contributed by atoms with van der Waals surface area (Å²) in [7, 11) is 0. The second kappa shape index (κ2) is 8.92. The minimum absolute atomic E-state index is 0.0898. The highest BCUT2D eigenvalue weighted by atomic mass is 16.2. The number of para-hydroxylation sites is 1. The van der Waals surface area contributed by atoms with Crippen molar-refractivity contribution in [1.82, 2.24) is 15.3 Å². The first-order chi connectivity index (χ1) is 12.8. The number of nitrogens with one attached hydrogen (secondary N) is 2. The Morgan fingerprint density at radius 2 is 1.77 bits per heavy atom. The number of hydrogen-bond acceptors (Lipinski definition) is 5. The van der Waals surface area contributed by atoms with E-state index in [1.54, 1.807) is 12.1 Å². The van der Waals surface area contributed by atoms with E-state index in [0.717, 1.165) is 41.7 Å². The molecule has 3 N–H and O–H groups in total. The van der Waals surface area contributed by atoms with Gasteiger partial charge in [0.1, 0.15) is 12.1 Å². The number of benzene rings is 2. The number of amides is 1. The summed E-state index contributed by atoms with van der Waals surface area (Å²) < 4.78 is 0. The van der Waals surface area contributed by atoms with E-state index >= 15 is 0 Å². The molecule has 1 aromatic heterocycles. The molecule has 0 atom stereocenters. The summed E-state index contributed by atoms with van der Waals surface area (Å²) in [6.07, 6.45) is 4.08. The standard InChI is InChI=1S/C20H22N4O2/c25-13-5-1-4-12-21-20(26)15-8-10-16(11-9-15)24-19-17-6-2-3-7-18(17)22-14-23-19/h2-3,6-11,14,25H,1,4-5,12-13H2,(H,21,26)(H,22,23,24). The van der Waals surface area contributed by atoms with Gasteiger partial charge in [-0.05, 0) is 55.7 Å². The summed E-state index contributed by atoms with van der Waals surface area (Å²) >= 11 is 0. The highest BCUT2D eigenvalue weighted by Gasteiger charge is 2.06. The van der Waals surface area contributed by atoms with Crippen LogP contribution in [0.15, 0.2) is 54.9 Å². The topological polar surface area (TPSA) is 87.1 Å². The van der Waals surface area contributed by atoms with E-state index in [1.807, 2.05) is 36.4 Å². The molecule has 134 valence electrons. The Morgan fingerprint density at radius 3 is 2.58 bits per heavy atom. The molecule has 0 aliphatic heterocycles. The van der Waals surface area contributed by atoms with E-state index in [-0.39, 0.29) is 12.5 Å². The van der Waals surface area contributed by atoms with Crippen molar-refractivity contribution in [2.24, 2.45) is 0 Å². The average Bonchev–Trinajstić information content (AvgIpc) is 2.68. The molecule has 3 aromatic rings. The molecule has 1 heterocycles. The lowest BCUT2D eigenvalue weighted by Gasteiger charge is -2.09. The molecule has 0 unspecified atom stereocenters. The molecule has 0 aliphatic rings. The third-order valence-electron chi connectivity index (χ3n) is 4.07. The predicted octanol–water partition coefficient (Wildman–Crippen LogP) is 3.27. The maximum atomic E-state index is 12.1. The van der Waals surface area contributed by atoms with Crippen LogP contribution in [-0.4, -0.2) is 34.1 Å². The smallest absolute Gasteiger partial charge is 0.251 e. The van der Waals surface area contributed by atoms with Crippen molar-refractivity contribution in [1.29, 1.82) is 0 Å². The van der Waals surface area contributed by atoms with E-state index in [9.17, 15) is 4.79 Å². The van der Waals surface area contributed by atoms with Crippen molar-refractivity contribution < 1.29 is 9.90 Å². The first kappa shape index (κ1) is 17.8. The van der Waals surface area contributed by atoms with Gasteiger partial charge in [-0.25, -0.2) is 9.97 Å². The van der Waals surface area contributed by atoms with Crippen LogP contribution in [0.4, 0.5) is 11.5 Å². The monoisotopic (exact) mass is 350 g/mol. The second-order valence-electron chi connectivity index (χ2n) is 5.98. The van der Waals surface area contributed by atoms with Crippen LogP contribution in [0.25, 0.3) is 10.9 Å². The van der Waals surface area contributed by atoms with Crippen LogP contribution in [0.1, 0.15) is 29.6 Å². The maximum absolute atomic E-state index is 12.1. The summed E-state index contributed by atoms with van der Waals surface area (Å²) in [5, 5.41) is 15.8. The molecular formula is C20H22N4O2. The normalized spacial score (nSPS) is 10.7. The lowest BCUT2D eigenvalue weighted by Crippen LogP contribution is -2.24. The third-order valence-corrected chi connectivity index (χ3v) is 4.07. The van der Waals surface area contributed by atoms with Gasteiger partial charge in [-0.15, -0.1) is 0 Å². The Kier molecular flexibility index (Phi) is 6.11. The quantitative estimate of drug-likeness (QED) is 0.543. The van der Waals surface area contributed by atoms with Gasteiger partial charge in [-0.2, -0.15) is 0 Å². The number of rotatable bonds is 8. The van der Waals surface area contributed by atoms with Crippen LogP contribution < -0.4 is 10.6 Å². The van der Waals surface area contributed by atoms with Gasteiger partial charge in [0.25, 0.3) is 5.91 Å². The van der Waals surface area contributed by atoms with Gasteiger partial charge in [-0.1, -0.05) is 12.1 Å². The summed E-state index contributed by atoms with van der Waals surface area (Å²) in [6.45, 7) is 0.815. The number of anilines is 2. The van der Waals surface area contributed by atoms with Gasteiger partial charge in [0.15, 0.2) is 0 Å². The van der Waals surface area contributed by atoms with Gasteiger partial charge in [-0.3, -0.25) is 4.79 Å². The fraction of sp³-hybridized carbons (Fsp3) is 0.250. The van der Waals surface area contributed by atoms with E-state index in [4.69, 9.17) is 5.11 Å². The zero-order valence-electron chi connectivity index (χ0n) is 14.5. The Labute approximate surface area is 152 Å². The van der Waals surface area contributed by atoms with Crippen LogP contribution >= 0.6 is 0 Å². The van der Waals surface area contributed by atoms with E-state index in [0.29, 0.717) is 12.1 Å². The van der Waals surface area contributed by atoms with Gasteiger partial charge < -0.3 is 15.7 Å². The Bertz CT molecular complexity index is 860. The van der Waals surface area contributed by atoms with Crippen molar-refractivity contribution in [2.45, 2.75) is 19.3 Å². The molecule has 0 aliphatic carbocycles. The number of aliphatic hydroxyl groups is 1. The number of carbonyl (C=O) groups excluding carboxylic acids is 1.